The van der Waals surface area contributed by atoms with E-state index in [1.807, 2.05) is 62.4 Å². The Kier molecular flexibility index (Phi) is 7.65. The molecule has 0 heterocycles. The zero-order valence-corrected chi connectivity index (χ0v) is 16.2. The predicted octanol–water partition coefficient (Wildman–Crippen LogP) is 4.23. The van der Waals surface area contributed by atoms with Crippen LogP contribution in [0.25, 0.3) is 0 Å². The van der Waals surface area contributed by atoms with Gasteiger partial charge in [0.1, 0.15) is 0 Å². The maximum Gasteiger partial charge on any atom is 0.224 e. The van der Waals surface area contributed by atoms with Crippen LogP contribution < -0.4 is 11.1 Å². The molecule has 3 N–H and O–H groups in total. The lowest BCUT2D eigenvalue weighted by Crippen LogP contribution is -2.48. The Hall–Kier alpha value is -1.84. The van der Waals surface area contributed by atoms with Crippen LogP contribution in [0, 0.1) is 5.92 Å². The lowest BCUT2D eigenvalue weighted by Gasteiger charge is -2.34. The molecule has 0 spiro atoms. The van der Waals surface area contributed by atoms with E-state index in [0.717, 1.165) is 5.56 Å². The van der Waals surface area contributed by atoms with Gasteiger partial charge in [0.15, 0.2) is 0 Å². The average molecular weight is 361 g/mol. The van der Waals surface area contributed by atoms with Crippen molar-refractivity contribution in [2.24, 2.45) is 11.7 Å². The third-order valence-corrected chi connectivity index (χ3v) is 5.10. The molecule has 2 rings (SSSR count). The third kappa shape index (κ3) is 5.07. The van der Waals surface area contributed by atoms with E-state index >= 15 is 0 Å². The Morgan fingerprint density at radius 1 is 0.960 bits per heavy atom. The minimum Gasteiger partial charge on any atom is -0.352 e. The summed E-state index contributed by atoms with van der Waals surface area (Å²) >= 11 is 0. The molecule has 0 radical (unpaired) electrons. The van der Waals surface area contributed by atoms with Gasteiger partial charge in [0.05, 0.1) is 5.92 Å². The molecule has 25 heavy (non-hydrogen) atoms. The summed E-state index contributed by atoms with van der Waals surface area (Å²) in [4.78, 5) is 12.7. The van der Waals surface area contributed by atoms with Gasteiger partial charge < -0.3 is 11.1 Å². The molecule has 2 aromatic rings. The zero-order chi connectivity index (χ0) is 17.7. The van der Waals surface area contributed by atoms with E-state index < -0.39 is 0 Å². The maximum atomic E-state index is 12.7. The largest absolute Gasteiger partial charge is 0.352 e. The van der Waals surface area contributed by atoms with Gasteiger partial charge in [-0.3, -0.25) is 4.79 Å². The molecule has 0 aromatic heterocycles. The Morgan fingerprint density at radius 2 is 1.44 bits per heavy atom. The van der Waals surface area contributed by atoms with Crippen molar-refractivity contribution >= 4 is 18.3 Å². The SMILES string of the molecule is CC(C(=O)NC(C)C(C)(C)c1ccccc1)C(N)c1ccccc1.Cl. The van der Waals surface area contributed by atoms with Gasteiger partial charge in [0, 0.05) is 17.5 Å². The standard InChI is InChI=1S/C21H28N2O.ClH/c1-15(19(22)17-11-7-5-8-12-17)20(24)23-16(2)21(3,4)18-13-9-6-10-14-18;/h5-16,19H,22H2,1-4H3,(H,23,24);1H. The van der Waals surface area contributed by atoms with Gasteiger partial charge in [-0.2, -0.15) is 0 Å². The number of benzene rings is 2. The highest BCUT2D eigenvalue weighted by Crippen LogP contribution is 2.27. The molecule has 1 amide bonds. The van der Waals surface area contributed by atoms with Gasteiger partial charge in [-0.15, -0.1) is 12.4 Å². The number of nitrogens with two attached hydrogens (primary N) is 1. The summed E-state index contributed by atoms with van der Waals surface area (Å²) in [5.41, 5.74) is 8.30. The molecular formula is C21H29ClN2O. The molecule has 136 valence electrons. The van der Waals surface area contributed by atoms with E-state index in [1.54, 1.807) is 0 Å². The summed E-state index contributed by atoms with van der Waals surface area (Å²) in [7, 11) is 0. The highest BCUT2D eigenvalue weighted by atomic mass is 35.5. The summed E-state index contributed by atoms with van der Waals surface area (Å²) < 4.78 is 0. The Morgan fingerprint density at radius 3 is 1.96 bits per heavy atom. The van der Waals surface area contributed by atoms with E-state index in [9.17, 15) is 4.79 Å². The zero-order valence-electron chi connectivity index (χ0n) is 15.4. The minimum atomic E-state index is -0.307. The van der Waals surface area contributed by atoms with Crippen molar-refractivity contribution in [1.82, 2.24) is 5.32 Å². The number of carbonyl (C=O) groups is 1. The van der Waals surface area contributed by atoms with Gasteiger partial charge in [-0.1, -0.05) is 81.4 Å². The van der Waals surface area contributed by atoms with Gasteiger partial charge in [0.2, 0.25) is 5.91 Å². The van der Waals surface area contributed by atoms with E-state index in [2.05, 4.69) is 31.3 Å². The molecule has 3 unspecified atom stereocenters. The van der Waals surface area contributed by atoms with Crippen LogP contribution in [-0.4, -0.2) is 11.9 Å². The normalized spacial score (nSPS) is 14.8. The molecule has 2 aromatic carbocycles. The first-order chi connectivity index (χ1) is 11.3. The molecule has 0 bridgehead atoms. The van der Waals surface area contributed by atoms with Crippen LogP contribution in [-0.2, 0) is 10.2 Å². The Bertz CT molecular complexity index is 658. The molecule has 0 saturated carbocycles. The van der Waals surface area contributed by atoms with Crippen molar-refractivity contribution in [1.29, 1.82) is 0 Å². The van der Waals surface area contributed by atoms with E-state index in [4.69, 9.17) is 5.73 Å². The fourth-order valence-corrected chi connectivity index (χ4v) is 2.77. The van der Waals surface area contributed by atoms with Crippen LogP contribution in [0.2, 0.25) is 0 Å². The van der Waals surface area contributed by atoms with Crippen molar-refractivity contribution in [2.45, 2.75) is 45.2 Å². The molecule has 3 atom stereocenters. The molecule has 0 saturated heterocycles. The number of halogens is 1. The molecule has 0 aliphatic rings. The fraction of sp³-hybridized carbons (Fsp3) is 0.381. The fourth-order valence-electron chi connectivity index (χ4n) is 2.77. The predicted molar refractivity (Wildman–Crippen MR) is 107 cm³/mol. The van der Waals surface area contributed by atoms with Crippen molar-refractivity contribution in [3.05, 3.63) is 71.8 Å². The molecular weight excluding hydrogens is 332 g/mol. The first kappa shape index (κ1) is 21.2. The first-order valence-corrected chi connectivity index (χ1v) is 8.50. The Labute approximate surface area is 157 Å². The van der Waals surface area contributed by atoms with Crippen molar-refractivity contribution < 1.29 is 4.79 Å². The number of hydrogen-bond donors (Lipinski definition) is 2. The highest BCUT2D eigenvalue weighted by molar-refractivity contribution is 5.85. The molecule has 0 aliphatic carbocycles. The average Bonchev–Trinajstić information content (AvgIpc) is 2.61. The topological polar surface area (TPSA) is 55.1 Å². The second-order valence-corrected chi connectivity index (χ2v) is 7.04. The third-order valence-electron chi connectivity index (χ3n) is 5.10. The van der Waals surface area contributed by atoms with Crippen LogP contribution in [0.4, 0.5) is 0 Å². The van der Waals surface area contributed by atoms with Crippen LogP contribution in [0.15, 0.2) is 60.7 Å². The highest BCUT2D eigenvalue weighted by Gasteiger charge is 2.31. The monoisotopic (exact) mass is 360 g/mol. The van der Waals surface area contributed by atoms with Gasteiger partial charge in [-0.25, -0.2) is 0 Å². The van der Waals surface area contributed by atoms with Crippen molar-refractivity contribution in [2.75, 3.05) is 0 Å². The van der Waals surface area contributed by atoms with Crippen LogP contribution in [0.3, 0.4) is 0 Å². The second kappa shape index (κ2) is 9.02. The van der Waals surface area contributed by atoms with Crippen LogP contribution in [0.5, 0.6) is 0 Å². The molecule has 4 heteroatoms. The summed E-state index contributed by atoms with van der Waals surface area (Å²) in [6, 6.07) is 19.7. The van der Waals surface area contributed by atoms with Gasteiger partial charge in [-0.05, 0) is 18.1 Å². The number of carbonyl (C=O) groups excluding carboxylic acids is 1. The van der Waals surface area contributed by atoms with E-state index in [1.165, 1.54) is 5.56 Å². The van der Waals surface area contributed by atoms with Crippen LogP contribution >= 0.6 is 12.4 Å². The first-order valence-electron chi connectivity index (χ1n) is 8.50. The van der Waals surface area contributed by atoms with E-state index in [0.29, 0.717) is 0 Å². The van der Waals surface area contributed by atoms with E-state index in [-0.39, 0.29) is 41.7 Å². The number of hydrogen-bond acceptors (Lipinski definition) is 2. The number of amides is 1. The molecule has 0 fully saturated rings. The lowest BCUT2D eigenvalue weighted by atomic mass is 9.78. The number of rotatable bonds is 6. The van der Waals surface area contributed by atoms with Gasteiger partial charge >= 0.3 is 0 Å². The van der Waals surface area contributed by atoms with Gasteiger partial charge in [0.25, 0.3) is 0 Å². The summed E-state index contributed by atoms with van der Waals surface area (Å²) in [5, 5.41) is 3.15. The molecule has 0 aliphatic heterocycles. The van der Waals surface area contributed by atoms with Crippen molar-refractivity contribution in [3.63, 3.8) is 0 Å². The summed E-state index contributed by atoms with van der Waals surface area (Å²) in [5.74, 6) is -0.302. The number of nitrogens with one attached hydrogen (secondary N) is 1. The molecule has 3 nitrogen and oxygen atoms in total. The smallest absolute Gasteiger partial charge is 0.224 e. The van der Waals surface area contributed by atoms with Crippen molar-refractivity contribution in [3.8, 4) is 0 Å². The maximum absolute atomic E-state index is 12.7. The summed E-state index contributed by atoms with van der Waals surface area (Å²) in [6.07, 6.45) is 0. The lowest BCUT2D eigenvalue weighted by molar-refractivity contribution is -0.126. The van der Waals surface area contributed by atoms with Crippen LogP contribution in [0.1, 0.15) is 44.9 Å². The Balaban J connectivity index is 0.00000312. The second-order valence-electron chi connectivity index (χ2n) is 7.04. The minimum absolute atomic E-state index is 0. The summed E-state index contributed by atoms with van der Waals surface area (Å²) in [6.45, 7) is 8.23. The quantitative estimate of drug-likeness (QED) is 0.810.